The molecular weight excluding hydrogens is 288 g/mol. The molecule has 1 amide bonds. The van der Waals surface area contributed by atoms with Crippen LogP contribution in [0.4, 0.5) is 4.79 Å². The summed E-state index contributed by atoms with van der Waals surface area (Å²) in [6.45, 7) is 5.19. The quantitative estimate of drug-likeness (QED) is 0.586. The largest absolute Gasteiger partial charge is 0.489 e. The number of aromatic nitrogens is 1. The molecule has 22 heavy (non-hydrogen) atoms. The maximum absolute atomic E-state index is 11.4. The average molecular weight is 310 g/mol. The van der Waals surface area contributed by atoms with Crippen molar-refractivity contribution in [3.63, 3.8) is 0 Å². The van der Waals surface area contributed by atoms with Crippen LogP contribution in [-0.4, -0.2) is 37.1 Å². The van der Waals surface area contributed by atoms with Crippen LogP contribution in [0.3, 0.4) is 0 Å². The van der Waals surface area contributed by atoms with E-state index in [9.17, 15) is 9.90 Å². The molecule has 1 aromatic heterocycles. The molecule has 0 saturated carbocycles. The third-order valence-electron chi connectivity index (χ3n) is 3.14. The Balaban J connectivity index is 3.18. The fraction of sp³-hybridized carbons (Fsp3) is 0.533. The second-order valence-electron chi connectivity index (χ2n) is 4.62. The highest BCUT2D eigenvalue weighted by Gasteiger charge is 2.24. The molecule has 0 aliphatic rings. The van der Waals surface area contributed by atoms with Crippen LogP contribution in [0.1, 0.15) is 44.3 Å². The van der Waals surface area contributed by atoms with Gasteiger partial charge in [-0.3, -0.25) is 0 Å². The molecule has 0 aliphatic heterocycles. The third-order valence-corrected chi connectivity index (χ3v) is 3.14. The summed E-state index contributed by atoms with van der Waals surface area (Å²) in [5.41, 5.74) is 0.353. The number of rotatable bonds is 8. The van der Waals surface area contributed by atoms with Crippen molar-refractivity contribution in [3.8, 4) is 17.4 Å². The molecule has 1 aromatic rings. The van der Waals surface area contributed by atoms with Crippen LogP contribution in [0.25, 0.3) is 0 Å². The SMILES string of the molecule is C=NC(=O)Oc1c(C(O)CCCCC)cnc(OC)c1OC. The lowest BCUT2D eigenvalue weighted by molar-refractivity contribution is 0.156. The molecule has 0 aliphatic carbocycles. The minimum atomic E-state index is -0.895. The number of aliphatic imine (C=N–C) groups is 1. The molecule has 7 heteroatoms. The summed E-state index contributed by atoms with van der Waals surface area (Å²) in [6.07, 6.45) is 3.10. The van der Waals surface area contributed by atoms with Crippen LogP contribution in [0.2, 0.25) is 0 Å². The van der Waals surface area contributed by atoms with Crippen molar-refractivity contribution in [3.05, 3.63) is 11.8 Å². The Kier molecular flexibility index (Phi) is 7.31. The van der Waals surface area contributed by atoms with Crippen molar-refractivity contribution < 1.29 is 24.1 Å². The number of methoxy groups -OCH3 is 2. The molecule has 0 bridgehead atoms. The fourth-order valence-electron chi connectivity index (χ4n) is 2.00. The highest BCUT2D eigenvalue weighted by molar-refractivity contribution is 5.77. The van der Waals surface area contributed by atoms with E-state index in [0.29, 0.717) is 12.0 Å². The number of pyridine rings is 1. The maximum atomic E-state index is 11.4. The topological polar surface area (TPSA) is 90.2 Å². The molecule has 122 valence electrons. The van der Waals surface area contributed by atoms with Crippen LogP contribution in [0.5, 0.6) is 17.4 Å². The first-order valence-corrected chi connectivity index (χ1v) is 7.06. The molecule has 1 heterocycles. The zero-order chi connectivity index (χ0) is 16.5. The van der Waals surface area contributed by atoms with Crippen LogP contribution in [-0.2, 0) is 0 Å². The van der Waals surface area contributed by atoms with Gasteiger partial charge in [0.2, 0.25) is 5.75 Å². The van der Waals surface area contributed by atoms with Gasteiger partial charge in [-0.25, -0.2) is 9.78 Å². The number of hydrogen-bond donors (Lipinski definition) is 1. The highest BCUT2D eigenvalue weighted by Crippen LogP contribution is 2.41. The molecule has 0 radical (unpaired) electrons. The molecule has 7 nitrogen and oxygen atoms in total. The van der Waals surface area contributed by atoms with Crippen molar-refractivity contribution in [2.45, 2.75) is 38.7 Å². The Bertz CT molecular complexity index is 519. The molecule has 0 spiro atoms. The van der Waals surface area contributed by atoms with Gasteiger partial charge in [0.1, 0.15) is 0 Å². The number of carbonyl (C=O) groups excluding carboxylic acids is 1. The lowest BCUT2D eigenvalue weighted by Crippen LogP contribution is -2.10. The zero-order valence-corrected chi connectivity index (χ0v) is 13.2. The van der Waals surface area contributed by atoms with Gasteiger partial charge >= 0.3 is 6.09 Å². The average Bonchev–Trinajstić information content (AvgIpc) is 2.54. The Labute approximate surface area is 129 Å². The molecule has 1 unspecified atom stereocenters. The summed E-state index contributed by atoms with van der Waals surface area (Å²) in [6, 6.07) is 0. The van der Waals surface area contributed by atoms with Crippen molar-refractivity contribution in [1.29, 1.82) is 0 Å². The standard InChI is InChI=1S/C15H22N2O5/c1-5-6-7-8-11(18)10-9-17-14(21-4)13(20-3)12(10)22-15(19)16-2/h9,11,18H,2,5-8H2,1,3-4H3. The number of unbranched alkanes of at least 4 members (excludes halogenated alkanes) is 2. The van der Waals surface area contributed by atoms with Crippen LogP contribution in [0.15, 0.2) is 11.2 Å². The van der Waals surface area contributed by atoms with Crippen LogP contribution in [0, 0.1) is 0 Å². The number of nitrogens with zero attached hydrogens (tertiary/aromatic N) is 2. The first kappa shape index (κ1) is 17.9. The first-order valence-electron chi connectivity index (χ1n) is 7.06. The monoisotopic (exact) mass is 310 g/mol. The number of aliphatic hydroxyl groups is 1. The normalized spacial score (nSPS) is 11.6. The number of hydrogen-bond acceptors (Lipinski definition) is 6. The summed E-state index contributed by atoms with van der Waals surface area (Å²) < 4.78 is 15.4. The molecule has 1 rings (SSSR count). The third kappa shape index (κ3) is 4.42. The highest BCUT2D eigenvalue weighted by atomic mass is 16.6. The second-order valence-corrected chi connectivity index (χ2v) is 4.62. The van der Waals surface area contributed by atoms with Gasteiger partial charge in [-0.2, -0.15) is 4.99 Å². The minimum absolute atomic E-state index is 0.0516. The first-order chi connectivity index (χ1) is 10.6. The Morgan fingerprint density at radius 1 is 1.36 bits per heavy atom. The smallest absolute Gasteiger partial charge is 0.438 e. The molecule has 0 aromatic carbocycles. The van der Waals surface area contributed by atoms with Gasteiger partial charge in [-0.05, 0) is 13.1 Å². The predicted molar refractivity (Wildman–Crippen MR) is 82.0 cm³/mol. The lowest BCUT2D eigenvalue weighted by Gasteiger charge is -2.18. The zero-order valence-electron chi connectivity index (χ0n) is 13.2. The molecular formula is C15H22N2O5. The van der Waals surface area contributed by atoms with Gasteiger partial charge in [0.25, 0.3) is 5.88 Å². The van der Waals surface area contributed by atoms with E-state index in [0.717, 1.165) is 19.3 Å². The van der Waals surface area contributed by atoms with Crippen molar-refractivity contribution in [1.82, 2.24) is 4.98 Å². The molecule has 1 N–H and O–H groups in total. The summed E-state index contributed by atoms with van der Waals surface area (Å²) in [5.74, 6) is 0.334. The van der Waals surface area contributed by atoms with Crippen molar-refractivity contribution in [2.75, 3.05) is 14.2 Å². The second kappa shape index (κ2) is 8.99. The van der Waals surface area contributed by atoms with E-state index < -0.39 is 12.2 Å². The van der Waals surface area contributed by atoms with E-state index in [2.05, 4.69) is 23.6 Å². The summed E-state index contributed by atoms with van der Waals surface area (Å²) >= 11 is 0. The van der Waals surface area contributed by atoms with E-state index in [1.165, 1.54) is 20.4 Å². The van der Waals surface area contributed by atoms with E-state index in [1.54, 1.807) is 0 Å². The summed E-state index contributed by atoms with van der Waals surface area (Å²) in [5, 5.41) is 10.3. The van der Waals surface area contributed by atoms with Gasteiger partial charge in [0, 0.05) is 11.8 Å². The van der Waals surface area contributed by atoms with Gasteiger partial charge < -0.3 is 19.3 Å². The van der Waals surface area contributed by atoms with Crippen molar-refractivity contribution >= 4 is 12.8 Å². The Morgan fingerprint density at radius 3 is 2.64 bits per heavy atom. The predicted octanol–water partition coefficient (Wildman–Crippen LogP) is 2.91. The molecule has 0 fully saturated rings. The fourth-order valence-corrected chi connectivity index (χ4v) is 2.00. The summed E-state index contributed by atoms with van der Waals surface area (Å²) in [7, 11) is 2.81. The molecule has 0 saturated heterocycles. The van der Waals surface area contributed by atoms with Gasteiger partial charge in [0.05, 0.1) is 20.3 Å². The Morgan fingerprint density at radius 2 is 2.09 bits per heavy atom. The summed E-state index contributed by atoms with van der Waals surface area (Å²) in [4.78, 5) is 18.7. The van der Waals surface area contributed by atoms with Gasteiger partial charge in [0.15, 0.2) is 5.75 Å². The van der Waals surface area contributed by atoms with E-state index in [1.807, 2.05) is 0 Å². The lowest BCUT2D eigenvalue weighted by atomic mass is 10.0. The number of carbonyl (C=O) groups is 1. The van der Waals surface area contributed by atoms with E-state index in [-0.39, 0.29) is 17.4 Å². The maximum Gasteiger partial charge on any atom is 0.438 e. The van der Waals surface area contributed by atoms with E-state index in [4.69, 9.17) is 14.2 Å². The Hall–Kier alpha value is -2.15. The van der Waals surface area contributed by atoms with Gasteiger partial charge in [-0.1, -0.05) is 26.2 Å². The minimum Gasteiger partial charge on any atom is -0.489 e. The number of ether oxygens (including phenoxy) is 3. The number of amides is 1. The van der Waals surface area contributed by atoms with Crippen molar-refractivity contribution in [2.24, 2.45) is 4.99 Å². The van der Waals surface area contributed by atoms with Gasteiger partial charge in [-0.15, -0.1) is 0 Å². The van der Waals surface area contributed by atoms with Crippen LogP contribution >= 0.6 is 0 Å². The van der Waals surface area contributed by atoms with Crippen LogP contribution < -0.4 is 14.2 Å². The van der Waals surface area contributed by atoms with E-state index >= 15 is 0 Å². The number of aliphatic hydroxyl groups excluding tert-OH is 1. The molecule has 1 atom stereocenters.